The molecular weight excluding hydrogens is 230 g/mol. The maximum absolute atomic E-state index is 11.3. The molecular formula is C14H13NO3. The van der Waals surface area contributed by atoms with E-state index in [0.29, 0.717) is 19.3 Å². The molecule has 4 heteroatoms. The minimum Gasteiger partial charge on any atom is -0.300 e. The fraction of sp³-hybridized carbons (Fsp3) is 0.357. The third-order valence-corrected chi connectivity index (χ3v) is 3.15. The largest absolute Gasteiger partial charge is 0.373 e. The van der Waals surface area contributed by atoms with Gasteiger partial charge in [-0.3, -0.25) is 4.79 Å². The Morgan fingerprint density at radius 2 is 1.78 bits per heavy atom. The maximum Gasteiger partial charge on any atom is 0.373 e. The highest BCUT2D eigenvalue weighted by Gasteiger charge is 2.40. The summed E-state index contributed by atoms with van der Waals surface area (Å²) in [6.45, 7) is 2.02. The summed E-state index contributed by atoms with van der Waals surface area (Å²) in [5.41, 5.74) is 1.61. The minimum absolute atomic E-state index is 0.206. The predicted octanol–water partition coefficient (Wildman–Crippen LogP) is 1.93. The van der Waals surface area contributed by atoms with Gasteiger partial charge in [0.25, 0.3) is 0 Å². The van der Waals surface area contributed by atoms with Crippen LogP contribution in [0.5, 0.6) is 0 Å². The fourth-order valence-electron chi connectivity index (χ4n) is 2.15. The van der Waals surface area contributed by atoms with Crippen LogP contribution in [0.1, 0.15) is 30.4 Å². The molecule has 1 aliphatic rings. The van der Waals surface area contributed by atoms with Crippen LogP contribution in [0, 0.1) is 18.3 Å². The van der Waals surface area contributed by atoms with Crippen molar-refractivity contribution in [1.29, 1.82) is 5.26 Å². The zero-order valence-corrected chi connectivity index (χ0v) is 10.1. The van der Waals surface area contributed by atoms with Crippen LogP contribution in [-0.2, 0) is 19.8 Å². The summed E-state index contributed by atoms with van der Waals surface area (Å²) >= 11 is 0. The Morgan fingerprint density at radius 3 is 2.17 bits per heavy atom. The van der Waals surface area contributed by atoms with Crippen LogP contribution >= 0.6 is 0 Å². The Hall–Kier alpha value is -2.24. The van der Waals surface area contributed by atoms with Gasteiger partial charge in [-0.1, -0.05) is 29.8 Å². The van der Waals surface area contributed by atoms with E-state index in [4.69, 9.17) is 9.59 Å². The van der Waals surface area contributed by atoms with E-state index in [1.165, 1.54) is 5.56 Å². The molecule has 0 bridgehead atoms. The second kappa shape index (κ2) is 5.90. The lowest BCUT2D eigenvalue weighted by atomic mass is 9.80. The second-order valence-corrected chi connectivity index (χ2v) is 4.36. The molecule has 0 amide bonds. The summed E-state index contributed by atoms with van der Waals surface area (Å²) in [4.78, 5) is 27.6. The van der Waals surface area contributed by atoms with E-state index >= 15 is 0 Å². The number of aryl methyl sites for hydroxylation is 1. The summed E-state index contributed by atoms with van der Waals surface area (Å²) < 4.78 is 0. The molecule has 1 saturated carbocycles. The lowest BCUT2D eigenvalue weighted by Crippen LogP contribution is -2.20. The van der Waals surface area contributed by atoms with Crippen molar-refractivity contribution in [2.45, 2.75) is 31.6 Å². The van der Waals surface area contributed by atoms with Gasteiger partial charge in [-0.2, -0.15) is 14.9 Å². The molecule has 1 unspecified atom stereocenters. The van der Waals surface area contributed by atoms with E-state index in [9.17, 15) is 10.1 Å². The standard InChI is InChI=1S/C13H13NO.CO2/c1-10-2-4-11(5-3-10)13(9-14)7-6-12(15)8-13;2-1-3/h2-5H,6-8H2,1H3;. The molecule has 0 aromatic heterocycles. The molecule has 1 aliphatic carbocycles. The van der Waals surface area contributed by atoms with Gasteiger partial charge in [0.2, 0.25) is 0 Å². The number of nitrogens with zero attached hydrogens (tertiary/aromatic N) is 1. The van der Waals surface area contributed by atoms with Crippen LogP contribution in [0.2, 0.25) is 0 Å². The summed E-state index contributed by atoms with van der Waals surface area (Å²) in [5, 5.41) is 9.25. The van der Waals surface area contributed by atoms with Crippen LogP contribution in [0.3, 0.4) is 0 Å². The van der Waals surface area contributed by atoms with E-state index in [-0.39, 0.29) is 11.9 Å². The Labute approximate surface area is 105 Å². The quantitative estimate of drug-likeness (QED) is 0.755. The highest BCUT2D eigenvalue weighted by molar-refractivity contribution is 5.83. The van der Waals surface area contributed by atoms with Crippen molar-refractivity contribution in [3.05, 3.63) is 35.4 Å². The van der Waals surface area contributed by atoms with Crippen molar-refractivity contribution in [2.24, 2.45) is 0 Å². The van der Waals surface area contributed by atoms with Gasteiger partial charge in [-0.15, -0.1) is 0 Å². The molecule has 1 aromatic carbocycles. The van der Waals surface area contributed by atoms with Gasteiger partial charge in [0, 0.05) is 12.8 Å². The third kappa shape index (κ3) is 2.91. The second-order valence-electron chi connectivity index (χ2n) is 4.36. The maximum atomic E-state index is 11.3. The Bertz CT molecular complexity index is 507. The van der Waals surface area contributed by atoms with Gasteiger partial charge in [0.15, 0.2) is 0 Å². The molecule has 4 nitrogen and oxygen atoms in total. The number of nitriles is 1. The average Bonchev–Trinajstić information content (AvgIpc) is 2.74. The lowest BCUT2D eigenvalue weighted by Gasteiger charge is -2.19. The molecule has 0 spiro atoms. The van der Waals surface area contributed by atoms with Gasteiger partial charge in [0.1, 0.15) is 5.78 Å². The molecule has 0 saturated heterocycles. The van der Waals surface area contributed by atoms with Crippen molar-refractivity contribution >= 4 is 11.9 Å². The zero-order valence-electron chi connectivity index (χ0n) is 10.1. The Kier molecular flexibility index (Phi) is 4.53. The first kappa shape index (κ1) is 13.8. The molecule has 0 radical (unpaired) electrons. The first-order valence-corrected chi connectivity index (χ1v) is 5.57. The van der Waals surface area contributed by atoms with Crippen molar-refractivity contribution in [1.82, 2.24) is 0 Å². The number of ketones is 1. The molecule has 1 atom stereocenters. The lowest BCUT2D eigenvalue weighted by molar-refractivity contribution is -0.191. The zero-order chi connectivity index (χ0) is 13.6. The fourth-order valence-corrected chi connectivity index (χ4v) is 2.15. The number of carbonyl (C=O) groups excluding carboxylic acids is 3. The van der Waals surface area contributed by atoms with Crippen LogP contribution < -0.4 is 0 Å². The summed E-state index contributed by atoms with van der Waals surface area (Å²) in [6.07, 6.45) is 1.85. The van der Waals surface area contributed by atoms with Crippen LogP contribution in [0.15, 0.2) is 24.3 Å². The number of hydrogen-bond acceptors (Lipinski definition) is 4. The van der Waals surface area contributed by atoms with E-state index in [2.05, 4.69) is 6.07 Å². The van der Waals surface area contributed by atoms with Gasteiger partial charge in [0.05, 0.1) is 11.5 Å². The number of rotatable bonds is 1. The third-order valence-electron chi connectivity index (χ3n) is 3.15. The average molecular weight is 243 g/mol. The molecule has 0 N–H and O–H groups in total. The summed E-state index contributed by atoms with van der Waals surface area (Å²) in [6, 6.07) is 10.3. The molecule has 0 aliphatic heterocycles. The molecule has 0 heterocycles. The molecule has 18 heavy (non-hydrogen) atoms. The number of Topliss-reactive ketones (excluding diaryl/α,β-unsaturated/α-hetero) is 1. The van der Waals surface area contributed by atoms with Crippen LogP contribution in [-0.4, -0.2) is 11.9 Å². The molecule has 2 rings (SSSR count). The minimum atomic E-state index is -0.551. The SMILES string of the molecule is Cc1ccc(C2(C#N)CCC(=O)C2)cc1.O=C=O. The number of hydrogen-bond donors (Lipinski definition) is 0. The first-order chi connectivity index (χ1) is 8.57. The Morgan fingerprint density at radius 1 is 1.22 bits per heavy atom. The predicted molar refractivity (Wildman–Crippen MR) is 62.3 cm³/mol. The molecule has 92 valence electrons. The Balaban J connectivity index is 0.000000492. The van der Waals surface area contributed by atoms with Gasteiger partial charge >= 0.3 is 6.15 Å². The first-order valence-electron chi connectivity index (χ1n) is 5.57. The van der Waals surface area contributed by atoms with E-state index in [0.717, 1.165) is 5.56 Å². The summed E-state index contributed by atoms with van der Waals surface area (Å²) in [7, 11) is 0. The normalized spacial score (nSPS) is 21.4. The van der Waals surface area contributed by atoms with Crippen molar-refractivity contribution < 1.29 is 14.4 Å². The smallest absolute Gasteiger partial charge is 0.300 e. The molecule has 1 fully saturated rings. The topological polar surface area (TPSA) is 75.0 Å². The monoisotopic (exact) mass is 243 g/mol. The van der Waals surface area contributed by atoms with Crippen molar-refractivity contribution in [3.8, 4) is 6.07 Å². The van der Waals surface area contributed by atoms with E-state index in [1.54, 1.807) is 0 Å². The number of carbonyl (C=O) groups is 1. The highest BCUT2D eigenvalue weighted by atomic mass is 16.2. The van der Waals surface area contributed by atoms with Gasteiger partial charge in [-0.25, -0.2) is 0 Å². The van der Waals surface area contributed by atoms with Crippen molar-refractivity contribution in [2.75, 3.05) is 0 Å². The summed E-state index contributed by atoms with van der Waals surface area (Å²) in [5.74, 6) is 0.206. The van der Waals surface area contributed by atoms with Gasteiger partial charge in [-0.05, 0) is 18.9 Å². The van der Waals surface area contributed by atoms with E-state index < -0.39 is 5.41 Å². The van der Waals surface area contributed by atoms with Crippen molar-refractivity contribution in [3.63, 3.8) is 0 Å². The highest BCUT2D eigenvalue weighted by Crippen LogP contribution is 2.38. The number of benzene rings is 1. The molecule has 1 aromatic rings. The van der Waals surface area contributed by atoms with Gasteiger partial charge < -0.3 is 0 Å². The van der Waals surface area contributed by atoms with Crippen LogP contribution in [0.4, 0.5) is 0 Å². The van der Waals surface area contributed by atoms with Crippen LogP contribution in [0.25, 0.3) is 0 Å². The van der Waals surface area contributed by atoms with E-state index in [1.807, 2.05) is 31.2 Å².